The van der Waals surface area contributed by atoms with Crippen molar-refractivity contribution in [3.05, 3.63) is 12.2 Å². The predicted molar refractivity (Wildman–Crippen MR) is 206 cm³/mol. The SMILES string of the molecule is CCCC/C=C/CCCCCCCC(=O)O[C@H](COC(=O)CCCCCCCCCCCCCCCCC)COP(=O)(O)OCC[N+](C)(C)C. The molecule has 1 N–H and O–H groups in total. The third-order valence-electron chi connectivity index (χ3n) is 8.80. The van der Waals surface area contributed by atoms with Crippen molar-refractivity contribution in [1.29, 1.82) is 0 Å². The zero-order chi connectivity index (χ0) is 37.2. The molecule has 0 aliphatic carbocycles. The summed E-state index contributed by atoms with van der Waals surface area (Å²) in [5.41, 5.74) is 0. The summed E-state index contributed by atoms with van der Waals surface area (Å²) < 4.78 is 34.2. The zero-order valence-electron chi connectivity index (χ0n) is 33.1. The standard InChI is InChI=1S/C40H78NO8P/c1-6-8-10-12-14-16-18-19-20-21-23-24-26-28-30-32-39(42)46-36-38(37-48-50(44,45)47-35-34-41(3,4)5)49-40(43)33-31-29-27-25-22-17-15-13-11-9-7-2/h13,15,38H,6-12,14,16-37H2,1-5H3/p+1/b15-13+/t38-/m1/s1. The number of allylic oxidation sites excluding steroid dienone is 2. The van der Waals surface area contributed by atoms with Crippen LogP contribution in [0.3, 0.4) is 0 Å². The minimum Gasteiger partial charge on any atom is -0.462 e. The highest BCUT2D eigenvalue weighted by molar-refractivity contribution is 7.47. The maximum atomic E-state index is 12.6. The van der Waals surface area contributed by atoms with Gasteiger partial charge in [0.1, 0.15) is 19.8 Å². The minimum absolute atomic E-state index is 0.0329. The molecular formula is C40H79NO8P+. The van der Waals surface area contributed by atoms with Crippen LogP contribution in [0, 0.1) is 0 Å². The monoisotopic (exact) mass is 733 g/mol. The van der Waals surface area contributed by atoms with Crippen LogP contribution >= 0.6 is 7.82 Å². The Bertz CT molecular complexity index is 876. The maximum absolute atomic E-state index is 12.6. The number of nitrogens with zero attached hydrogens (tertiary/aromatic N) is 1. The van der Waals surface area contributed by atoms with E-state index in [2.05, 4.69) is 26.0 Å². The van der Waals surface area contributed by atoms with E-state index in [1.807, 2.05) is 21.1 Å². The van der Waals surface area contributed by atoms with Gasteiger partial charge in [-0.1, -0.05) is 148 Å². The van der Waals surface area contributed by atoms with Crippen molar-refractivity contribution < 1.29 is 42.1 Å². The molecule has 2 atom stereocenters. The van der Waals surface area contributed by atoms with Crippen molar-refractivity contribution in [2.24, 2.45) is 0 Å². The molecular weight excluding hydrogens is 653 g/mol. The first-order valence-corrected chi connectivity index (χ1v) is 21.9. The van der Waals surface area contributed by atoms with E-state index in [1.165, 1.54) is 89.9 Å². The number of rotatable bonds is 37. The van der Waals surface area contributed by atoms with Crippen LogP contribution in [0.2, 0.25) is 0 Å². The third-order valence-corrected chi connectivity index (χ3v) is 9.78. The number of unbranched alkanes of at least 4 members (excludes halogenated alkanes) is 21. The zero-order valence-corrected chi connectivity index (χ0v) is 34.0. The summed E-state index contributed by atoms with van der Waals surface area (Å²) in [7, 11) is 1.48. The second-order valence-electron chi connectivity index (χ2n) is 15.0. The molecule has 0 bridgehead atoms. The molecule has 1 unspecified atom stereocenters. The van der Waals surface area contributed by atoms with E-state index in [1.54, 1.807) is 0 Å². The van der Waals surface area contributed by atoms with Crippen molar-refractivity contribution in [2.45, 2.75) is 187 Å². The highest BCUT2D eigenvalue weighted by Gasteiger charge is 2.27. The number of carbonyl (C=O) groups is 2. The number of phosphoric ester groups is 1. The number of esters is 2. The second-order valence-corrected chi connectivity index (χ2v) is 16.5. The van der Waals surface area contributed by atoms with Crippen LogP contribution in [0.4, 0.5) is 0 Å². The number of hydrogen-bond donors (Lipinski definition) is 1. The van der Waals surface area contributed by atoms with Crippen LogP contribution in [-0.4, -0.2) is 74.9 Å². The van der Waals surface area contributed by atoms with Crippen LogP contribution in [0.1, 0.15) is 181 Å². The molecule has 0 aromatic rings. The molecule has 0 heterocycles. The summed E-state index contributed by atoms with van der Waals surface area (Å²) in [5, 5.41) is 0. The summed E-state index contributed by atoms with van der Waals surface area (Å²) in [6, 6.07) is 0. The quantitative estimate of drug-likeness (QED) is 0.0221. The molecule has 0 spiro atoms. The van der Waals surface area contributed by atoms with Crippen LogP contribution in [0.5, 0.6) is 0 Å². The molecule has 10 heteroatoms. The van der Waals surface area contributed by atoms with E-state index in [0.717, 1.165) is 57.8 Å². The highest BCUT2D eigenvalue weighted by Crippen LogP contribution is 2.43. The summed E-state index contributed by atoms with van der Waals surface area (Å²) in [6.07, 6.45) is 32.5. The lowest BCUT2D eigenvalue weighted by Gasteiger charge is -2.24. The first kappa shape index (κ1) is 48.8. The molecule has 0 amide bonds. The fourth-order valence-electron chi connectivity index (χ4n) is 5.52. The van der Waals surface area contributed by atoms with Gasteiger partial charge in [-0.25, -0.2) is 4.57 Å². The second kappa shape index (κ2) is 33.6. The number of ether oxygens (including phenoxy) is 2. The normalized spacial score (nSPS) is 13.8. The summed E-state index contributed by atoms with van der Waals surface area (Å²) in [4.78, 5) is 35.2. The Labute approximate surface area is 307 Å². The lowest BCUT2D eigenvalue weighted by Crippen LogP contribution is -2.37. The number of carbonyl (C=O) groups excluding carboxylic acids is 2. The first-order chi connectivity index (χ1) is 24.0. The molecule has 50 heavy (non-hydrogen) atoms. The Morgan fingerprint density at radius 3 is 1.54 bits per heavy atom. The summed E-state index contributed by atoms with van der Waals surface area (Å²) >= 11 is 0. The lowest BCUT2D eigenvalue weighted by atomic mass is 10.0. The van der Waals surface area contributed by atoms with Gasteiger partial charge >= 0.3 is 19.8 Å². The van der Waals surface area contributed by atoms with Gasteiger partial charge in [0.05, 0.1) is 27.7 Å². The lowest BCUT2D eigenvalue weighted by molar-refractivity contribution is -0.870. The van der Waals surface area contributed by atoms with E-state index >= 15 is 0 Å². The molecule has 0 radical (unpaired) electrons. The third kappa shape index (κ3) is 36.5. The van der Waals surface area contributed by atoms with Gasteiger partial charge in [-0.3, -0.25) is 18.6 Å². The Kier molecular flexibility index (Phi) is 32.7. The fourth-order valence-corrected chi connectivity index (χ4v) is 6.27. The molecule has 0 aromatic carbocycles. The van der Waals surface area contributed by atoms with Gasteiger partial charge in [-0.05, 0) is 32.1 Å². The molecule has 0 fully saturated rings. The van der Waals surface area contributed by atoms with Gasteiger partial charge in [0.15, 0.2) is 6.10 Å². The fraction of sp³-hybridized carbons (Fsp3) is 0.900. The Morgan fingerprint density at radius 2 is 1.04 bits per heavy atom. The van der Waals surface area contributed by atoms with Crippen molar-refractivity contribution in [1.82, 2.24) is 0 Å². The van der Waals surface area contributed by atoms with Gasteiger partial charge in [0.25, 0.3) is 0 Å². The molecule has 0 aliphatic rings. The number of quaternary nitrogens is 1. The number of phosphoric acid groups is 1. The van der Waals surface area contributed by atoms with Gasteiger partial charge in [-0.15, -0.1) is 0 Å². The smallest absolute Gasteiger partial charge is 0.462 e. The van der Waals surface area contributed by atoms with Crippen molar-refractivity contribution >= 4 is 19.8 Å². The maximum Gasteiger partial charge on any atom is 0.472 e. The van der Waals surface area contributed by atoms with E-state index in [-0.39, 0.29) is 25.6 Å². The number of likely N-dealkylation sites (N-methyl/N-ethyl adjacent to an activating group) is 1. The topological polar surface area (TPSA) is 108 Å². The summed E-state index contributed by atoms with van der Waals surface area (Å²) in [6.45, 7) is 4.38. The largest absolute Gasteiger partial charge is 0.472 e. The van der Waals surface area contributed by atoms with Crippen molar-refractivity contribution in [2.75, 3.05) is 47.5 Å². The van der Waals surface area contributed by atoms with Gasteiger partial charge < -0.3 is 18.9 Å². The highest BCUT2D eigenvalue weighted by atomic mass is 31.2. The van der Waals surface area contributed by atoms with Crippen molar-refractivity contribution in [3.63, 3.8) is 0 Å². The van der Waals surface area contributed by atoms with Gasteiger partial charge in [0, 0.05) is 12.8 Å². The molecule has 0 aliphatic heterocycles. The predicted octanol–water partition coefficient (Wildman–Crippen LogP) is 11.0. The molecule has 0 aromatic heterocycles. The Morgan fingerprint density at radius 1 is 0.600 bits per heavy atom. The molecule has 0 saturated carbocycles. The Balaban J connectivity index is 4.36. The van der Waals surface area contributed by atoms with E-state index in [0.29, 0.717) is 23.9 Å². The molecule has 9 nitrogen and oxygen atoms in total. The number of hydrogen-bond acceptors (Lipinski definition) is 7. The molecule has 0 saturated heterocycles. The molecule has 296 valence electrons. The van der Waals surface area contributed by atoms with Crippen LogP contribution < -0.4 is 0 Å². The van der Waals surface area contributed by atoms with E-state index in [4.69, 9.17) is 18.5 Å². The molecule has 0 rings (SSSR count). The first-order valence-electron chi connectivity index (χ1n) is 20.4. The minimum atomic E-state index is -4.36. The van der Waals surface area contributed by atoms with Gasteiger partial charge in [0.2, 0.25) is 0 Å². The van der Waals surface area contributed by atoms with Gasteiger partial charge in [-0.2, -0.15) is 0 Å². The van der Waals surface area contributed by atoms with E-state index < -0.39 is 26.5 Å². The van der Waals surface area contributed by atoms with Crippen LogP contribution in [0.15, 0.2) is 12.2 Å². The average Bonchev–Trinajstić information content (AvgIpc) is 3.06. The van der Waals surface area contributed by atoms with E-state index in [9.17, 15) is 19.0 Å². The van der Waals surface area contributed by atoms with Crippen LogP contribution in [0.25, 0.3) is 0 Å². The average molecular weight is 733 g/mol. The van der Waals surface area contributed by atoms with Crippen LogP contribution in [-0.2, 0) is 32.7 Å². The van der Waals surface area contributed by atoms with Crippen molar-refractivity contribution in [3.8, 4) is 0 Å². The summed E-state index contributed by atoms with van der Waals surface area (Å²) in [5.74, 6) is -0.804. The Hall–Kier alpha value is -1.25.